The van der Waals surface area contributed by atoms with Crippen LogP contribution in [0.1, 0.15) is 5.56 Å². The van der Waals surface area contributed by atoms with Crippen LogP contribution in [0.15, 0.2) is 48.7 Å². The number of phenols is 1. The van der Waals surface area contributed by atoms with Gasteiger partial charge in [-0.25, -0.2) is 0 Å². The second kappa shape index (κ2) is 5.46. The first-order valence-corrected chi connectivity index (χ1v) is 6.97. The van der Waals surface area contributed by atoms with E-state index in [9.17, 15) is 5.11 Å². The fraction of sp³-hybridized carbons (Fsp3) is 0.0625. The number of fused-ring (bicyclic) bond motifs is 1. The van der Waals surface area contributed by atoms with E-state index >= 15 is 0 Å². The van der Waals surface area contributed by atoms with Gasteiger partial charge in [-0.1, -0.05) is 12.1 Å². The first-order chi connectivity index (χ1) is 10.1. The van der Waals surface area contributed by atoms with Gasteiger partial charge in [0, 0.05) is 17.4 Å². The summed E-state index contributed by atoms with van der Waals surface area (Å²) in [5.41, 5.74) is 3.50. The van der Waals surface area contributed by atoms with Gasteiger partial charge in [0.1, 0.15) is 5.75 Å². The summed E-state index contributed by atoms with van der Waals surface area (Å²) in [5, 5.41) is 17.5. The Kier molecular flexibility index (Phi) is 3.50. The number of H-pyrrole nitrogens is 1. The van der Waals surface area contributed by atoms with Crippen molar-refractivity contribution in [1.29, 1.82) is 0 Å². The smallest absolute Gasteiger partial charge is 0.175 e. The van der Waals surface area contributed by atoms with E-state index in [0.29, 0.717) is 10.8 Å². The van der Waals surface area contributed by atoms with Crippen LogP contribution in [0.5, 0.6) is 5.75 Å². The summed E-state index contributed by atoms with van der Waals surface area (Å²) in [4.78, 5) is 3.15. The van der Waals surface area contributed by atoms with Crippen LogP contribution in [0.3, 0.4) is 0 Å². The third-order valence-corrected chi connectivity index (χ3v) is 3.42. The fourth-order valence-corrected chi connectivity index (χ4v) is 2.39. The Bertz CT molecular complexity index is 810. The average Bonchev–Trinajstić information content (AvgIpc) is 2.89. The van der Waals surface area contributed by atoms with Gasteiger partial charge in [-0.05, 0) is 60.4 Å². The van der Waals surface area contributed by atoms with Crippen LogP contribution in [0.25, 0.3) is 10.9 Å². The van der Waals surface area contributed by atoms with Crippen molar-refractivity contribution in [2.45, 2.75) is 6.92 Å². The molecule has 1 aromatic heterocycles. The maximum atomic E-state index is 9.86. The first-order valence-electron chi connectivity index (χ1n) is 6.56. The Balaban J connectivity index is 1.73. The monoisotopic (exact) mass is 297 g/mol. The number of benzene rings is 2. The van der Waals surface area contributed by atoms with Crippen molar-refractivity contribution in [3.05, 3.63) is 54.2 Å². The molecule has 1 heterocycles. The second-order valence-corrected chi connectivity index (χ2v) is 5.29. The molecule has 0 saturated carbocycles. The number of aromatic nitrogens is 1. The lowest BCUT2D eigenvalue weighted by Crippen LogP contribution is -2.19. The summed E-state index contributed by atoms with van der Waals surface area (Å²) in [6.45, 7) is 1.92. The Morgan fingerprint density at radius 1 is 1.10 bits per heavy atom. The zero-order valence-corrected chi connectivity index (χ0v) is 12.3. The molecule has 0 radical (unpaired) electrons. The normalized spacial score (nSPS) is 10.5. The number of aryl methyl sites for hydroxylation is 1. The summed E-state index contributed by atoms with van der Waals surface area (Å²) < 4.78 is 0. The van der Waals surface area contributed by atoms with Crippen molar-refractivity contribution >= 4 is 39.6 Å². The van der Waals surface area contributed by atoms with Gasteiger partial charge in [0.25, 0.3) is 0 Å². The summed E-state index contributed by atoms with van der Waals surface area (Å²) in [5.74, 6) is 0.180. The molecule has 0 amide bonds. The number of aromatic hydroxyl groups is 1. The molecule has 0 atom stereocenters. The van der Waals surface area contributed by atoms with E-state index in [1.165, 1.54) is 0 Å². The molecule has 106 valence electrons. The summed E-state index contributed by atoms with van der Waals surface area (Å²) in [6, 6.07) is 13.4. The fourth-order valence-electron chi connectivity index (χ4n) is 2.16. The van der Waals surface area contributed by atoms with Crippen LogP contribution in [0.4, 0.5) is 11.4 Å². The molecular formula is C16H15N3OS. The van der Waals surface area contributed by atoms with E-state index in [-0.39, 0.29) is 5.75 Å². The highest BCUT2D eigenvalue weighted by atomic mass is 32.1. The number of phenolic OH excluding ortho intramolecular Hbond substituents is 1. The van der Waals surface area contributed by atoms with Crippen LogP contribution in [0, 0.1) is 6.92 Å². The van der Waals surface area contributed by atoms with Crippen molar-refractivity contribution in [1.82, 2.24) is 4.98 Å². The minimum absolute atomic E-state index is 0.180. The minimum atomic E-state index is 0.180. The van der Waals surface area contributed by atoms with E-state index in [2.05, 4.69) is 15.6 Å². The molecule has 21 heavy (non-hydrogen) atoms. The molecule has 0 spiro atoms. The van der Waals surface area contributed by atoms with Crippen LogP contribution >= 0.6 is 12.2 Å². The Labute approximate surface area is 127 Å². The standard InChI is InChI=1S/C16H15N3OS/c1-10-2-5-13(15(20)8-10)19-16(21)18-12-4-3-11-6-7-17-14(11)9-12/h2-9,17,20H,1H3,(H2,18,19,21). The molecule has 0 aliphatic carbocycles. The van der Waals surface area contributed by atoms with Gasteiger partial charge in [0.15, 0.2) is 5.11 Å². The van der Waals surface area contributed by atoms with Crippen molar-refractivity contribution in [3.63, 3.8) is 0 Å². The highest BCUT2D eigenvalue weighted by molar-refractivity contribution is 7.80. The summed E-state index contributed by atoms with van der Waals surface area (Å²) in [6.07, 6.45) is 1.90. The van der Waals surface area contributed by atoms with Gasteiger partial charge in [0.2, 0.25) is 0 Å². The summed E-state index contributed by atoms with van der Waals surface area (Å²) >= 11 is 5.27. The molecule has 5 heteroatoms. The van der Waals surface area contributed by atoms with E-state index in [1.54, 1.807) is 12.1 Å². The minimum Gasteiger partial charge on any atom is -0.506 e. The highest BCUT2D eigenvalue weighted by Crippen LogP contribution is 2.24. The number of hydrogen-bond donors (Lipinski definition) is 4. The Morgan fingerprint density at radius 3 is 2.76 bits per heavy atom. The predicted octanol–water partition coefficient (Wildman–Crippen LogP) is 3.99. The molecule has 0 unspecified atom stereocenters. The van der Waals surface area contributed by atoms with Crippen molar-refractivity contribution < 1.29 is 5.11 Å². The van der Waals surface area contributed by atoms with Gasteiger partial charge in [-0.15, -0.1) is 0 Å². The number of aromatic amines is 1. The maximum Gasteiger partial charge on any atom is 0.175 e. The Morgan fingerprint density at radius 2 is 1.95 bits per heavy atom. The van der Waals surface area contributed by atoms with Gasteiger partial charge >= 0.3 is 0 Å². The predicted molar refractivity (Wildman–Crippen MR) is 91.0 cm³/mol. The third kappa shape index (κ3) is 2.98. The quantitative estimate of drug-likeness (QED) is 0.427. The lowest BCUT2D eigenvalue weighted by atomic mass is 10.2. The zero-order chi connectivity index (χ0) is 14.8. The van der Waals surface area contributed by atoms with Crippen molar-refractivity contribution in [3.8, 4) is 5.75 Å². The molecule has 0 aliphatic heterocycles. The van der Waals surface area contributed by atoms with Crippen molar-refractivity contribution in [2.24, 2.45) is 0 Å². The van der Waals surface area contributed by atoms with Crippen molar-refractivity contribution in [2.75, 3.05) is 10.6 Å². The topological polar surface area (TPSA) is 60.1 Å². The highest BCUT2D eigenvalue weighted by Gasteiger charge is 2.04. The molecule has 0 bridgehead atoms. The molecule has 4 N–H and O–H groups in total. The van der Waals surface area contributed by atoms with Gasteiger partial charge in [-0.3, -0.25) is 0 Å². The zero-order valence-electron chi connectivity index (χ0n) is 11.5. The maximum absolute atomic E-state index is 9.86. The van der Waals surface area contributed by atoms with Crippen LogP contribution in [-0.4, -0.2) is 15.2 Å². The second-order valence-electron chi connectivity index (χ2n) is 4.88. The summed E-state index contributed by atoms with van der Waals surface area (Å²) in [7, 11) is 0. The molecule has 4 nitrogen and oxygen atoms in total. The van der Waals surface area contributed by atoms with E-state index < -0.39 is 0 Å². The average molecular weight is 297 g/mol. The number of hydrogen-bond acceptors (Lipinski definition) is 2. The van der Waals surface area contributed by atoms with E-state index in [4.69, 9.17) is 12.2 Å². The SMILES string of the molecule is Cc1ccc(NC(=S)Nc2ccc3cc[nH]c3c2)c(O)c1. The molecule has 0 aliphatic rings. The third-order valence-electron chi connectivity index (χ3n) is 3.21. The lowest BCUT2D eigenvalue weighted by molar-refractivity contribution is 0.477. The lowest BCUT2D eigenvalue weighted by Gasteiger charge is -2.12. The van der Waals surface area contributed by atoms with E-state index in [0.717, 1.165) is 22.2 Å². The van der Waals surface area contributed by atoms with Gasteiger partial charge in [0.05, 0.1) is 5.69 Å². The number of rotatable bonds is 2. The van der Waals surface area contributed by atoms with E-state index in [1.807, 2.05) is 43.5 Å². The van der Waals surface area contributed by atoms with Crippen LogP contribution in [-0.2, 0) is 0 Å². The van der Waals surface area contributed by atoms with Crippen LogP contribution in [0.2, 0.25) is 0 Å². The first kappa shape index (κ1) is 13.5. The number of anilines is 2. The molecular weight excluding hydrogens is 282 g/mol. The number of nitrogens with one attached hydrogen (secondary N) is 3. The number of thiocarbonyl (C=S) groups is 1. The largest absolute Gasteiger partial charge is 0.506 e. The molecule has 2 aromatic carbocycles. The van der Waals surface area contributed by atoms with Crippen LogP contribution < -0.4 is 10.6 Å². The molecule has 0 saturated heterocycles. The molecule has 3 rings (SSSR count). The van der Waals surface area contributed by atoms with Gasteiger partial charge < -0.3 is 20.7 Å². The van der Waals surface area contributed by atoms with Gasteiger partial charge in [-0.2, -0.15) is 0 Å². The molecule has 3 aromatic rings. The molecule has 0 fully saturated rings. The Hall–Kier alpha value is -2.53.